The van der Waals surface area contributed by atoms with Crippen molar-refractivity contribution in [2.24, 2.45) is 0 Å². The van der Waals surface area contributed by atoms with Crippen LogP contribution in [0, 0.1) is 11.6 Å². The van der Waals surface area contributed by atoms with Gasteiger partial charge in [-0.3, -0.25) is 9.59 Å². The molecule has 0 saturated carbocycles. The van der Waals surface area contributed by atoms with Gasteiger partial charge in [0.25, 0.3) is 5.91 Å². The molecule has 0 fully saturated rings. The lowest BCUT2D eigenvalue weighted by Crippen LogP contribution is -2.37. The van der Waals surface area contributed by atoms with Crippen LogP contribution in [0.1, 0.15) is 15.9 Å². The predicted molar refractivity (Wildman–Crippen MR) is 88.4 cm³/mol. The minimum atomic E-state index is -1.12. The molecule has 0 aliphatic heterocycles. The van der Waals surface area contributed by atoms with Crippen LogP contribution < -0.4 is 15.4 Å². The summed E-state index contributed by atoms with van der Waals surface area (Å²) in [5.41, 5.74) is 0.900. The molecule has 0 saturated heterocycles. The average molecular weight is 348 g/mol. The molecule has 25 heavy (non-hydrogen) atoms. The zero-order valence-electron chi connectivity index (χ0n) is 13.6. The first-order valence-corrected chi connectivity index (χ1v) is 7.63. The standard InChI is InChI=1S/C18H18F2N2O3/c1-25-16-5-3-2-4-12(16)8-9-21-17(23)11-22-18(24)13-6-7-14(19)15(20)10-13/h2-7,10H,8-9,11H2,1H3,(H,21,23)(H,22,24). The first kappa shape index (κ1) is 18.4. The second kappa shape index (κ2) is 8.77. The summed E-state index contributed by atoms with van der Waals surface area (Å²) < 4.78 is 31.1. The number of methoxy groups -OCH3 is 1. The van der Waals surface area contributed by atoms with Crippen molar-refractivity contribution in [2.45, 2.75) is 6.42 Å². The lowest BCUT2D eigenvalue weighted by molar-refractivity contribution is -0.120. The van der Waals surface area contributed by atoms with Crippen LogP contribution in [-0.4, -0.2) is 32.0 Å². The third-order valence-electron chi connectivity index (χ3n) is 3.50. The van der Waals surface area contributed by atoms with Crippen LogP contribution in [0.25, 0.3) is 0 Å². The lowest BCUT2D eigenvalue weighted by Gasteiger charge is -2.09. The van der Waals surface area contributed by atoms with Gasteiger partial charge in [0, 0.05) is 12.1 Å². The van der Waals surface area contributed by atoms with E-state index in [2.05, 4.69) is 10.6 Å². The maximum Gasteiger partial charge on any atom is 0.251 e. The molecule has 0 aliphatic rings. The van der Waals surface area contributed by atoms with E-state index in [1.54, 1.807) is 7.11 Å². The molecule has 2 rings (SSSR count). The molecule has 0 spiro atoms. The van der Waals surface area contributed by atoms with Crippen LogP contribution in [0.5, 0.6) is 5.75 Å². The fraction of sp³-hybridized carbons (Fsp3) is 0.222. The van der Waals surface area contributed by atoms with Crippen LogP contribution in [0.2, 0.25) is 0 Å². The van der Waals surface area contributed by atoms with Crippen molar-refractivity contribution in [1.82, 2.24) is 10.6 Å². The normalized spacial score (nSPS) is 10.2. The van der Waals surface area contributed by atoms with Crippen molar-refractivity contribution in [2.75, 3.05) is 20.2 Å². The van der Waals surface area contributed by atoms with E-state index < -0.39 is 17.5 Å². The molecular weight excluding hydrogens is 330 g/mol. The van der Waals surface area contributed by atoms with Gasteiger partial charge < -0.3 is 15.4 Å². The summed E-state index contributed by atoms with van der Waals surface area (Å²) in [4.78, 5) is 23.5. The van der Waals surface area contributed by atoms with Gasteiger partial charge in [0.05, 0.1) is 13.7 Å². The Labute approximate surface area is 144 Å². The van der Waals surface area contributed by atoms with Crippen molar-refractivity contribution in [3.05, 3.63) is 65.2 Å². The summed E-state index contributed by atoms with van der Waals surface area (Å²) in [7, 11) is 1.57. The molecule has 0 unspecified atom stereocenters. The number of para-hydroxylation sites is 1. The minimum Gasteiger partial charge on any atom is -0.496 e. The van der Waals surface area contributed by atoms with Crippen molar-refractivity contribution >= 4 is 11.8 Å². The molecule has 2 amide bonds. The summed E-state index contributed by atoms with van der Waals surface area (Å²) >= 11 is 0. The summed E-state index contributed by atoms with van der Waals surface area (Å²) in [5.74, 6) is -2.45. The number of hydrogen-bond donors (Lipinski definition) is 2. The first-order chi connectivity index (χ1) is 12.0. The van der Waals surface area contributed by atoms with Gasteiger partial charge in [-0.2, -0.15) is 0 Å². The van der Waals surface area contributed by atoms with E-state index in [1.807, 2.05) is 24.3 Å². The number of carbonyl (C=O) groups excluding carboxylic acids is 2. The van der Waals surface area contributed by atoms with E-state index in [1.165, 1.54) is 0 Å². The van der Waals surface area contributed by atoms with Gasteiger partial charge in [0.2, 0.25) is 5.91 Å². The summed E-state index contributed by atoms with van der Waals surface area (Å²) in [5, 5.41) is 5.02. The highest BCUT2D eigenvalue weighted by atomic mass is 19.2. The van der Waals surface area contributed by atoms with Crippen LogP contribution in [0.15, 0.2) is 42.5 Å². The molecule has 0 aromatic heterocycles. The zero-order chi connectivity index (χ0) is 18.2. The maximum atomic E-state index is 13.1. The van der Waals surface area contributed by atoms with Crippen LogP contribution in [0.3, 0.4) is 0 Å². The molecule has 7 heteroatoms. The molecule has 0 heterocycles. The predicted octanol–water partition coefficient (Wildman–Crippen LogP) is 2.06. The quantitative estimate of drug-likeness (QED) is 0.805. The molecule has 0 aliphatic carbocycles. The van der Waals surface area contributed by atoms with Crippen molar-refractivity contribution < 1.29 is 23.1 Å². The number of hydrogen-bond acceptors (Lipinski definition) is 3. The Morgan fingerprint density at radius 1 is 1.04 bits per heavy atom. The van der Waals surface area contributed by atoms with Crippen molar-refractivity contribution in [3.63, 3.8) is 0 Å². The second-order valence-corrected chi connectivity index (χ2v) is 5.22. The largest absolute Gasteiger partial charge is 0.496 e. The highest BCUT2D eigenvalue weighted by Crippen LogP contribution is 2.17. The maximum absolute atomic E-state index is 13.1. The molecule has 2 aromatic rings. The fourth-order valence-corrected chi connectivity index (χ4v) is 2.21. The highest BCUT2D eigenvalue weighted by molar-refractivity contribution is 5.96. The molecule has 132 valence electrons. The number of ether oxygens (including phenoxy) is 1. The molecular formula is C18H18F2N2O3. The lowest BCUT2D eigenvalue weighted by atomic mass is 10.1. The molecule has 2 aromatic carbocycles. The number of nitrogens with one attached hydrogen (secondary N) is 2. The number of amides is 2. The Bertz CT molecular complexity index is 766. The van der Waals surface area contributed by atoms with Gasteiger partial charge in [0.1, 0.15) is 5.75 Å². The summed E-state index contributed by atoms with van der Waals surface area (Å²) in [6.07, 6.45) is 0.576. The average Bonchev–Trinajstić information content (AvgIpc) is 2.62. The topological polar surface area (TPSA) is 67.4 Å². The van der Waals surface area contributed by atoms with E-state index in [0.29, 0.717) is 13.0 Å². The second-order valence-electron chi connectivity index (χ2n) is 5.22. The molecule has 2 N–H and O–H groups in total. The number of benzene rings is 2. The van der Waals surface area contributed by atoms with Crippen LogP contribution in [0.4, 0.5) is 8.78 Å². The van der Waals surface area contributed by atoms with E-state index in [-0.39, 0.29) is 18.0 Å². The Balaban J connectivity index is 1.76. The van der Waals surface area contributed by atoms with Crippen molar-refractivity contribution in [1.29, 1.82) is 0 Å². The SMILES string of the molecule is COc1ccccc1CCNC(=O)CNC(=O)c1ccc(F)c(F)c1. The molecule has 5 nitrogen and oxygen atoms in total. The molecule has 0 atom stereocenters. The van der Waals surface area contributed by atoms with Crippen LogP contribution in [-0.2, 0) is 11.2 Å². The number of carbonyl (C=O) groups is 2. The summed E-state index contributed by atoms with van der Waals surface area (Å²) in [6.45, 7) is 0.115. The monoisotopic (exact) mass is 348 g/mol. The Kier molecular flexibility index (Phi) is 6.45. The van der Waals surface area contributed by atoms with Gasteiger partial charge in [-0.15, -0.1) is 0 Å². The third-order valence-corrected chi connectivity index (χ3v) is 3.50. The van der Waals surface area contributed by atoms with Gasteiger partial charge in [-0.1, -0.05) is 18.2 Å². The van der Waals surface area contributed by atoms with E-state index in [0.717, 1.165) is 29.5 Å². The third kappa shape index (κ3) is 5.27. The van der Waals surface area contributed by atoms with Gasteiger partial charge >= 0.3 is 0 Å². The highest BCUT2D eigenvalue weighted by Gasteiger charge is 2.11. The Morgan fingerprint density at radius 3 is 2.52 bits per heavy atom. The van der Waals surface area contributed by atoms with E-state index >= 15 is 0 Å². The minimum absolute atomic E-state index is 0.0549. The Morgan fingerprint density at radius 2 is 1.80 bits per heavy atom. The van der Waals surface area contributed by atoms with Gasteiger partial charge in [-0.05, 0) is 36.2 Å². The Hall–Kier alpha value is -2.96. The number of rotatable bonds is 7. The van der Waals surface area contributed by atoms with Crippen LogP contribution >= 0.6 is 0 Å². The van der Waals surface area contributed by atoms with Gasteiger partial charge in [-0.25, -0.2) is 8.78 Å². The van der Waals surface area contributed by atoms with E-state index in [9.17, 15) is 18.4 Å². The fourth-order valence-electron chi connectivity index (χ4n) is 2.21. The molecule has 0 bridgehead atoms. The number of halogens is 2. The van der Waals surface area contributed by atoms with E-state index in [4.69, 9.17) is 4.74 Å². The van der Waals surface area contributed by atoms with Gasteiger partial charge in [0.15, 0.2) is 11.6 Å². The summed E-state index contributed by atoms with van der Waals surface area (Å²) in [6, 6.07) is 10.3. The molecule has 0 radical (unpaired) electrons. The smallest absolute Gasteiger partial charge is 0.251 e. The first-order valence-electron chi connectivity index (χ1n) is 7.63. The zero-order valence-corrected chi connectivity index (χ0v) is 13.6. The van der Waals surface area contributed by atoms with Crippen molar-refractivity contribution in [3.8, 4) is 5.75 Å².